The summed E-state index contributed by atoms with van der Waals surface area (Å²) in [6, 6.07) is 6.05. The second kappa shape index (κ2) is 4.14. The number of hydrogen-bond donors (Lipinski definition) is 0. The zero-order valence-electron chi connectivity index (χ0n) is 10.4. The highest BCUT2D eigenvalue weighted by Gasteiger charge is 2.24. The standard InChI is InChI=1S/C14H14N2OS/c1-15-7-6-11-13(15)10(12-4-3-9-18-12)5-8-16(2)14(11)17/h3-7,9H,8H2,1-2H3. The summed E-state index contributed by atoms with van der Waals surface area (Å²) < 4.78 is 2.03. The molecule has 18 heavy (non-hydrogen) atoms. The fourth-order valence-electron chi connectivity index (χ4n) is 2.30. The van der Waals surface area contributed by atoms with E-state index < -0.39 is 0 Å². The summed E-state index contributed by atoms with van der Waals surface area (Å²) >= 11 is 1.71. The average molecular weight is 258 g/mol. The van der Waals surface area contributed by atoms with Crippen molar-refractivity contribution < 1.29 is 4.79 Å². The Morgan fingerprint density at radius 2 is 2.11 bits per heavy atom. The molecule has 0 atom stereocenters. The fraction of sp³-hybridized carbons (Fsp3) is 0.214. The van der Waals surface area contributed by atoms with Crippen LogP contribution in [-0.2, 0) is 7.05 Å². The smallest absolute Gasteiger partial charge is 0.256 e. The normalized spacial score (nSPS) is 15.3. The third kappa shape index (κ3) is 1.61. The van der Waals surface area contributed by atoms with E-state index in [1.807, 2.05) is 37.0 Å². The van der Waals surface area contributed by atoms with Gasteiger partial charge in [0.25, 0.3) is 5.91 Å². The topological polar surface area (TPSA) is 25.2 Å². The molecule has 0 radical (unpaired) electrons. The number of likely N-dealkylation sites (N-methyl/N-ethyl adjacent to an activating group) is 1. The largest absolute Gasteiger partial charge is 0.350 e. The molecule has 0 fully saturated rings. The predicted molar refractivity (Wildman–Crippen MR) is 73.8 cm³/mol. The van der Waals surface area contributed by atoms with Crippen LogP contribution in [0.5, 0.6) is 0 Å². The highest BCUT2D eigenvalue weighted by Crippen LogP contribution is 2.32. The van der Waals surface area contributed by atoms with Gasteiger partial charge in [-0.05, 0) is 17.5 Å². The molecule has 92 valence electrons. The molecule has 0 unspecified atom stereocenters. The molecule has 2 aromatic rings. The molecule has 4 heteroatoms. The van der Waals surface area contributed by atoms with E-state index in [2.05, 4.69) is 17.5 Å². The minimum Gasteiger partial charge on any atom is -0.350 e. The number of thiophene rings is 1. The van der Waals surface area contributed by atoms with Crippen molar-refractivity contribution in [3.63, 3.8) is 0 Å². The maximum absolute atomic E-state index is 12.2. The number of aromatic nitrogens is 1. The summed E-state index contributed by atoms with van der Waals surface area (Å²) in [5, 5.41) is 2.06. The lowest BCUT2D eigenvalue weighted by Gasteiger charge is -2.12. The van der Waals surface area contributed by atoms with E-state index in [1.165, 1.54) is 4.88 Å². The fourth-order valence-corrected chi connectivity index (χ4v) is 3.07. The van der Waals surface area contributed by atoms with Gasteiger partial charge in [0.05, 0.1) is 11.3 Å². The number of nitrogens with zero attached hydrogens (tertiary/aromatic N) is 2. The molecule has 3 nitrogen and oxygen atoms in total. The number of rotatable bonds is 1. The third-order valence-electron chi connectivity index (χ3n) is 3.26. The van der Waals surface area contributed by atoms with Crippen LogP contribution in [0.3, 0.4) is 0 Å². The van der Waals surface area contributed by atoms with Gasteiger partial charge in [-0.25, -0.2) is 0 Å². The Morgan fingerprint density at radius 3 is 2.83 bits per heavy atom. The van der Waals surface area contributed by atoms with Gasteiger partial charge in [0.15, 0.2) is 0 Å². The number of fused-ring (bicyclic) bond motifs is 1. The third-order valence-corrected chi connectivity index (χ3v) is 4.16. The molecular weight excluding hydrogens is 244 g/mol. The molecule has 0 bridgehead atoms. The molecule has 1 aliphatic rings. The highest BCUT2D eigenvalue weighted by atomic mass is 32.1. The summed E-state index contributed by atoms with van der Waals surface area (Å²) in [5.41, 5.74) is 2.97. The lowest BCUT2D eigenvalue weighted by Crippen LogP contribution is -2.25. The van der Waals surface area contributed by atoms with Crippen LogP contribution in [0.1, 0.15) is 20.9 Å². The summed E-state index contributed by atoms with van der Waals surface area (Å²) in [6.07, 6.45) is 4.08. The van der Waals surface area contributed by atoms with Crippen LogP contribution in [0.15, 0.2) is 35.9 Å². The monoisotopic (exact) mass is 258 g/mol. The summed E-state index contributed by atoms with van der Waals surface area (Å²) in [5.74, 6) is 0.0911. The first-order valence-corrected chi connectivity index (χ1v) is 6.71. The SMILES string of the molecule is CN1CC=C(c2cccs2)c2c(ccn2C)C1=O. The zero-order valence-corrected chi connectivity index (χ0v) is 11.2. The summed E-state index contributed by atoms with van der Waals surface area (Å²) in [7, 11) is 3.83. The van der Waals surface area contributed by atoms with Crippen LogP contribution in [0.4, 0.5) is 0 Å². The van der Waals surface area contributed by atoms with Crippen LogP contribution in [0, 0.1) is 0 Å². The molecular formula is C14H14N2OS. The van der Waals surface area contributed by atoms with Gasteiger partial charge < -0.3 is 9.47 Å². The molecule has 0 N–H and O–H groups in total. The molecule has 1 aliphatic heterocycles. The Kier molecular flexibility index (Phi) is 2.59. The van der Waals surface area contributed by atoms with Crippen LogP contribution >= 0.6 is 11.3 Å². The van der Waals surface area contributed by atoms with Crippen molar-refractivity contribution in [3.8, 4) is 0 Å². The Balaban J connectivity index is 2.23. The van der Waals surface area contributed by atoms with Gasteiger partial charge in [0.1, 0.15) is 0 Å². The molecule has 0 saturated carbocycles. The first-order valence-electron chi connectivity index (χ1n) is 5.83. The Morgan fingerprint density at radius 1 is 1.28 bits per heavy atom. The van der Waals surface area contributed by atoms with Crippen LogP contribution in [-0.4, -0.2) is 29.0 Å². The molecule has 3 heterocycles. The number of hydrogen-bond acceptors (Lipinski definition) is 2. The van der Waals surface area contributed by atoms with Gasteiger partial charge >= 0.3 is 0 Å². The van der Waals surface area contributed by atoms with E-state index in [1.54, 1.807) is 16.2 Å². The predicted octanol–water partition coefficient (Wildman–Crippen LogP) is 2.60. The minimum atomic E-state index is 0.0911. The van der Waals surface area contributed by atoms with Gasteiger partial charge in [-0.1, -0.05) is 12.1 Å². The molecule has 2 aromatic heterocycles. The van der Waals surface area contributed by atoms with Gasteiger partial charge in [-0.2, -0.15) is 0 Å². The lowest BCUT2D eigenvalue weighted by molar-refractivity contribution is 0.0811. The number of amides is 1. The van der Waals surface area contributed by atoms with Gasteiger partial charge in [-0.3, -0.25) is 4.79 Å². The van der Waals surface area contributed by atoms with Gasteiger partial charge in [-0.15, -0.1) is 11.3 Å². The molecule has 0 spiro atoms. The van der Waals surface area contributed by atoms with E-state index >= 15 is 0 Å². The van der Waals surface area contributed by atoms with Crippen molar-refractivity contribution in [3.05, 3.63) is 52.0 Å². The molecule has 1 amide bonds. The second-order valence-corrected chi connectivity index (χ2v) is 5.42. The molecule has 0 aromatic carbocycles. The van der Waals surface area contributed by atoms with Crippen LogP contribution in [0.2, 0.25) is 0 Å². The van der Waals surface area contributed by atoms with E-state index in [4.69, 9.17) is 0 Å². The Hall–Kier alpha value is -1.81. The number of carbonyl (C=O) groups is 1. The maximum Gasteiger partial charge on any atom is 0.256 e. The van der Waals surface area contributed by atoms with Crippen molar-refractivity contribution in [1.29, 1.82) is 0 Å². The van der Waals surface area contributed by atoms with Crippen LogP contribution in [0.25, 0.3) is 5.57 Å². The zero-order chi connectivity index (χ0) is 12.7. The Labute approximate surface area is 110 Å². The molecule has 0 saturated heterocycles. The summed E-state index contributed by atoms with van der Waals surface area (Å²) in [4.78, 5) is 15.2. The van der Waals surface area contributed by atoms with Crippen molar-refractivity contribution in [2.45, 2.75) is 0 Å². The van der Waals surface area contributed by atoms with E-state index in [0.29, 0.717) is 6.54 Å². The molecule has 3 rings (SSSR count). The summed E-state index contributed by atoms with van der Waals surface area (Å²) in [6.45, 7) is 0.654. The van der Waals surface area contributed by atoms with E-state index in [-0.39, 0.29) is 5.91 Å². The van der Waals surface area contributed by atoms with Crippen molar-refractivity contribution in [1.82, 2.24) is 9.47 Å². The first kappa shape index (κ1) is 11.3. The first-order chi connectivity index (χ1) is 8.68. The highest BCUT2D eigenvalue weighted by molar-refractivity contribution is 7.11. The van der Waals surface area contributed by atoms with E-state index in [0.717, 1.165) is 16.8 Å². The average Bonchev–Trinajstić information content (AvgIpc) is 2.97. The van der Waals surface area contributed by atoms with Crippen molar-refractivity contribution in [2.75, 3.05) is 13.6 Å². The number of aryl methyl sites for hydroxylation is 1. The van der Waals surface area contributed by atoms with Gasteiger partial charge in [0.2, 0.25) is 0 Å². The van der Waals surface area contributed by atoms with Crippen molar-refractivity contribution >= 4 is 22.8 Å². The minimum absolute atomic E-state index is 0.0911. The molecule has 0 aliphatic carbocycles. The second-order valence-electron chi connectivity index (χ2n) is 4.47. The van der Waals surface area contributed by atoms with Crippen LogP contribution < -0.4 is 0 Å². The maximum atomic E-state index is 12.2. The van der Waals surface area contributed by atoms with Gasteiger partial charge in [0, 0.05) is 37.3 Å². The quantitative estimate of drug-likeness (QED) is 0.772. The Bertz CT molecular complexity index is 622. The van der Waals surface area contributed by atoms with Crippen molar-refractivity contribution in [2.24, 2.45) is 7.05 Å². The van der Waals surface area contributed by atoms with E-state index in [9.17, 15) is 4.79 Å². The lowest BCUT2D eigenvalue weighted by atomic mass is 10.1. The number of carbonyl (C=O) groups excluding carboxylic acids is 1.